The number of aromatic nitrogens is 5. The molecular formula is C21H22F3N7O. The van der Waals surface area contributed by atoms with Crippen molar-refractivity contribution in [3.63, 3.8) is 0 Å². The number of piperidine rings is 1. The molecule has 3 aromatic rings. The fraction of sp³-hybridized carbons (Fsp3) is 0.476. The minimum atomic E-state index is -2.53. The van der Waals surface area contributed by atoms with Crippen LogP contribution in [0, 0.1) is 11.2 Å². The number of carbonyl (C=O) groups excluding carboxylic acids is 1. The maximum Gasteiger partial charge on any atom is 0.258 e. The highest BCUT2D eigenvalue weighted by atomic mass is 19.3. The fourth-order valence-electron chi connectivity index (χ4n) is 4.69. The van der Waals surface area contributed by atoms with Gasteiger partial charge in [0, 0.05) is 32.4 Å². The van der Waals surface area contributed by atoms with Crippen molar-refractivity contribution in [3.8, 4) is 0 Å². The summed E-state index contributed by atoms with van der Waals surface area (Å²) in [6.45, 7) is 1.68. The Morgan fingerprint density at radius 3 is 2.59 bits per heavy atom. The highest BCUT2D eigenvalue weighted by Crippen LogP contribution is 2.42. The van der Waals surface area contributed by atoms with Gasteiger partial charge in [-0.05, 0) is 30.9 Å². The van der Waals surface area contributed by atoms with E-state index in [0.717, 1.165) is 12.6 Å². The van der Waals surface area contributed by atoms with Crippen LogP contribution in [0.1, 0.15) is 24.8 Å². The molecule has 11 heteroatoms. The smallest absolute Gasteiger partial charge is 0.258 e. The Balaban J connectivity index is 1.27. The molecule has 3 aromatic heterocycles. The number of hydrogen-bond donors (Lipinski definition) is 0. The third-order valence-electron chi connectivity index (χ3n) is 6.42. The van der Waals surface area contributed by atoms with Gasteiger partial charge >= 0.3 is 0 Å². The van der Waals surface area contributed by atoms with Crippen LogP contribution in [-0.2, 0) is 17.9 Å². The van der Waals surface area contributed by atoms with Gasteiger partial charge < -0.3 is 9.80 Å². The second-order valence-electron chi connectivity index (χ2n) is 8.41. The zero-order chi connectivity index (χ0) is 22.3. The van der Waals surface area contributed by atoms with E-state index in [0.29, 0.717) is 61.6 Å². The van der Waals surface area contributed by atoms with Gasteiger partial charge in [0.2, 0.25) is 5.91 Å². The number of anilines is 1. The second kappa shape index (κ2) is 8.03. The Morgan fingerprint density at radius 2 is 1.84 bits per heavy atom. The van der Waals surface area contributed by atoms with Crippen LogP contribution in [0.3, 0.4) is 0 Å². The molecule has 1 spiro atoms. The van der Waals surface area contributed by atoms with Crippen molar-refractivity contribution < 1.29 is 18.0 Å². The van der Waals surface area contributed by atoms with E-state index in [1.807, 2.05) is 4.90 Å². The molecule has 0 radical (unpaired) electrons. The van der Waals surface area contributed by atoms with Crippen LogP contribution in [-0.4, -0.2) is 61.6 Å². The average molecular weight is 445 g/mol. The molecule has 168 valence electrons. The molecule has 32 heavy (non-hydrogen) atoms. The number of rotatable bonds is 5. The largest absolute Gasteiger partial charge is 0.355 e. The fourth-order valence-corrected chi connectivity index (χ4v) is 4.69. The molecule has 0 saturated carbocycles. The third-order valence-corrected chi connectivity index (χ3v) is 6.42. The molecule has 2 aliphatic heterocycles. The minimum Gasteiger partial charge on any atom is -0.355 e. The van der Waals surface area contributed by atoms with Crippen molar-refractivity contribution in [2.24, 2.45) is 5.41 Å². The van der Waals surface area contributed by atoms with E-state index < -0.39 is 24.2 Å². The predicted octanol–water partition coefficient (Wildman–Crippen LogP) is 2.64. The van der Waals surface area contributed by atoms with Gasteiger partial charge in [-0.15, -0.1) is 0 Å². The Labute approximate surface area is 182 Å². The molecule has 2 fully saturated rings. The third kappa shape index (κ3) is 3.76. The van der Waals surface area contributed by atoms with E-state index in [4.69, 9.17) is 0 Å². The number of alkyl halides is 2. The first-order valence-electron chi connectivity index (χ1n) is 10.5. The van der Waals surface area contributed by atoms with E-state index >= 15 is 0 Å². The highest BCUT2D eigenvalue weighted by molar-refractivity contribution is 5.85. The molecule has 5 rings (SSSR count). The predicted molar refractivity (Wildman–Crippen MR) is 109 cm³/mol. The molecule has 0 aliphatic carbocycles. The molecule has 0 atom stereocenters. The topological polar surface area (TPSA) is 80.0 Å². The lowest BCUT2D eigenvalue weighted by Gasteiger charge is -2.38. The van der Waals surface area contributed by atoms with E-state index in [1.165, 1.54) is 16.9 Å². The molecule has 1 amide bonds. The normalized spacial score (nSPS) is 18.4. The number of pyridine rings is 1. The number of likely N-dealkylation sites (tertiary alicyclic amines) is 1. The van der Waals surface area contributed by atoms with E-state index in [1.54, 1.807) is 17.3 Å². The van der Waals surface area contributed by atoms with Gasteiger partial charge in [0.25, 0.3) is 6.43 Å². The SMILES string of the molecule is O=C1N(Cc2cncc(F)c2)CCC12CCN(c1cnc3cnn(CC(F)F)c3n1)CC2. The molecule has 2 saturated heterocycles. The first kappa shape index (κ1) is 20.7. The van der Waals surface area contributed by atoms with Crippen LogP contribution in [0.4, 0.5) is 19.0 Å². The van der Waals surface area contributed by atoms with E-state index in [9.17, 15) is 18.0 Å². The maximum atomic E-state index is 13.4. The molecular weight excluding hydrogens is 423 g/mol. The lowest BCUT2D eigenvalue weighted by atomic mass is 9.77. The Bertz CT molecular complexity index is 1140. The van der Waals surface area contributed by atoms with Crippen LogP contribution in [0.25, 0.3) is 11.2 Å². The second-order valence-corrected chi connectivity index (χ2v) is 8.41. The average Bonchev–Trinajstić information content (AvgIpc) is 3.30. The van der Waals surface area contributed by atoms with E-state index in [2.05, 4.69) is 20.1 Å². The number of fused-ring (bicyclic) bond motifs is 1. The zero-order valence-corrected chi connectivity index (χ0v) is 17.3. The minimum absolute atomic E-state index is 0.0953. The van der Waals surface area contributed by atoms with Crippen LogP contribution in [0.15, 0.2) is 30.9 Å². The van der Waals surface area contributed by atoms with Gasteiger partial charge in [0.05, 0.1) is 24.0 Å². The standard InChI is InChI=1S/C21H22F3N7O/c22-15-7-14(8-25-9-15)12-30-6-3-21(20(30)32)1-4-29(5-2-21)18-11-26-16-10-27-31(13-17(23)24)19(16)28-18/h7-11,17H,1-6,12-13H2. The molecule has 0 unspecified atom stereocenters. The molecule has 2 aliphatic rings. The number of nitrogens with zero attached hydrogens (tertiary/aromatic N) is 7. The number of amides is 1. The maximum absolute atomic E-state index is 13.4. The summed E-state index contributed by atoms with van der Waals surface area (Å²) in [6, 6.07) is 1.40. The van der Waals surface area contributed by atoms with Crippen molar-refractivity contribution in [2.75, 3.05) is 24.5 Å². The highest BCUT2D eigenvalue weighted by Gasteiger charge is 2.48. The molecule has 0 bridgehead atoms. The number of hydrogen-bond acceptors (Lipinski definition) is 6. The van der Waals surface area contributed by atoms with Crippen molar-refractivity contribution in [2.45, 2.75) is 38.8 Å². The van der Waals surface area contributed by atoms with Gasteiger partial charge in [-0.2, -0.15) is 5.10 Å². The number of carbonyl (C=O) groups is 1. The molecule has 5 heterocycles. The summed E-state index contributed by atoms with van der Waals surface area (Å²) in [5, 5.41) is 3.95. The van der Waals surface area contributed by atoms with Crippen LogP contribution >= 0.6 is 0 Å². The van der Waals surface area contributed by atoms with Crippen LogP contribution < -0.4 is 4.90 Å². The molecule has 8 nitrogen and oxygen atoms in total. The van der Waals surface area contributed by atoms with E-state index in [-0.39, 0.29) is 5.91 Å². The van der Waals surface area contributed by atoms with Crippen molar-refractivity contribution in [1.29, 1.82) is 0 Å². The van der Waals surface area contributed by atoms with Gasteiger partial charge in [-0.1, -0.05) is 0 Å². The lowest BCUT2D eigenvalue weighted by molar-refractivity contribution is -0.137. The summed E-state index contributed by atoms with van der Waals surface area (Å²) in [4.78, 5) is 29.7. The summed E-state index contributed by atoms with van der Waals surface area (Å²) in [7, 11) is 0. The van der Waals surface area contributed by atoms with Crippen molar-refractivity contribution >= 4 is 22.9 Å². The van der Waals surface area contributed by atoms with Crippen molar-refractivity contribution in [3.05, 3.63) is 42.2 Å². The summed E-state index contributed by atoms with van der Waals surface area (Å²) >= 11 is 0. The first-order valence-corrected chi connectivity index (χ1v) is 10.5. The number of halogens is 3. The van der Waals surface area contributed by atoms with Crippen molar-refractivity contribution in [1.82, 2.24) is 29.6 Å². The first-order chi connectivity index (χ1) is 15.4. The quantitative estimate of drug-likeness (QED) is 0.601. The molecule has 0 N–H and O–H groups in total. The van der Waals surface area contributed by atoms with Crippen LogP contribution in [0.5, 0.6) is 0 Å². The summed E-state index contributed by atoms with van der Waals surface area (Å²) in [6.07, 6.45) is 5.34. The zero-order valence-electron chi connectivity index (χ0n) is 17.3. The van der Waals surface area contributed by atoms with Gasteiger partial charge in [-0.3, -0.25) is 9.78 Å². The summed E-state index contributed by atoms with van der Waals surface area (Å²) in [5.41, 5.74) is 1.05. The summed E-state index contributed by atoms with van der Waals surface area (Å²) < 4.78 is 40.2. The molecule has 0 aromatic carbocycles. The van der Waals surface area contributed by atoms with Gasteiger partial charge in [0.1, 0.15) is 23.7 Å². The van der Waals surface area contributed by atoms with Gasteiger partial charge in [-0.25, -0.2) is 27.8 Å². The Hall–Kier alpha value is -3.24. The van der Waals surface area contributed by atoms with Gasteiger partial charge in [0.15, 0.2) is 5.65 Å². The monoisotopic (exact) mass is 445 g/mol. The summed E-state index contributed by atoms with van der Waals surface area (Å²) in [5.74, 6) is 0.277. The lowest BCUT2D eigenvalue weighted by Crippen LogP contribution is -2.45. The Morgan fingerprint density at radius 1 is 1.06 bits per heavy atom. The van der Waals surface area contributed by atoms with Crippen LogP contribution in [0.2, 0.25) is 0 Å². The Kier molecular flexibility index (Phi) is 5.18.